The lowest BCUT2D eigenvalue weighted by Crippen LogP contribution is -2.20. The Hall–Kier alpha value is -1.17. The summed E-state index contributed by atoms with van der Waals surface area (Å²) in [6, 6.07) is 10.9. The van der Waals surface area contributed by atoms with Gasteiger partial charge in [0.05, 0.1) is 0 Å². The Morgan fingerprint density at radius 2 is 2.10 bits per heavy atom. The maximum absolute atomic E-state index is 5.61. The highest BCUT2D eigenvalue weighted by atomic mass is 32.2. The number of fused-ring (bicyclic) bond motifs is 1. The molecule has 3 nitrogen and oxygen atoms in total. The van der Waals surface area contributed by atoms with Gasteiger partial charge in [-0.25, -0.2) is 0 Å². The van der Waals surface area contributed by atoms with Crippen LogP contribution in [-0.2, 0) is 0 Å². The molecule has 1 aromatic carbocycles. The molecule has 1 unspecified atom stereocenters. The summed E-state index contributed by atoms with van der Waals surface area (Å²) in [4.78, 5) is 2.61. The smallest absolute Gasteiger partial charge is 0.162 e. The van der Waals surface area contributed by atoms with Crippen LogP contribution in [0.25, 0.3) is 0 Å². The van der Waals surface area contributed by atoms with Crippen molar-refractivity contribution < 1.29 is 9.47 Å². The standard InChI is InChI=1S/C16H19NO2S2/c1-12(16-3-2-9-21-16)17-6-10-20-13-4-5-14-15(11-13)19-8-7-18-14/h2-5,9,11-12,17H,6-8,10H2,1H3. The van der Waals surface area contributed by atoms with Gasteiger partial charge in [-0.3, -0.25) is 0 Å². The van der Waals surface area contributed by atoms with E-state index in [0.717, 1.165) is 23.8 Å². The number of nitrogens with one attached hydrogen (secondary N) is 1. The summed E-state index contributed by atoms with van der Waals surface area (Å²) in [6.45, 7) is 4.48. The van der Waals surface area contributed by atoms with E-state index in [0.29, 0.717) is 19.3 Å². The molecule has 0 saturated carbocycles. The summed E-state index contributed by atoms with van der Waals surface area (Å²) < 4.78 is 11.1. The Bertz CT molecular complexity index is 572. The molecule has 2 aromatic rings. The van der Waals surface area contributed by atoms with Crippen molar-refractivity contribution in [3.8, 4) is 11.5 Å². The van der Waals surface area contributed by atoms with Gasteiger partial charge in [0, 0.05) is 28.1 Å². The molecule has 112 valence electrons. The van der Waals surface area contributed by atoms with E-state index < -0.39 is 0 Å². The summed E-state index contributed by atoms with van der Waals surface area (Å²) >= 11 is 3.64. The summed E-state index contributed by atoms with van der Waals surface area (Å²) in [6.07, 6.45) is 0. The SMILES string of the molecule is CC(NCCSc1ccc2c(c1)OCCO2)c1cccs1. The van der Waals surface area contributed by atoms with Crippen LogP contribution in [0, 0.1) is 0 Å². The largest absolute Gasteiger partial charge is 0.486 e. The molecule has 2 heterocycles. The fraction of sp³-hybridized carbons (Fsp3) is 0.375. The van der Waals surface area contributed by atoms with Gasteiger partial charge in [-0.15, -0.1) is 23.1 Å². The van der Waals surface area contributed by atoms with E-state index >= 15 is 0 Å². The Kier molecular flexibility index (Phi) is 5.06. The zero-order valence-corrected chi connectivity index (χ0v) is 13.6. The molecule has 1 aliphatic rings. The minimum atomic E-state index is 0.422. The van der Waals surface area contributed by atoms with Crippen molar-refractivity contribution in [1.82, 2.24) is 5.32 Å². The predicted octanol–water partition coefficient (Wildman–Crippen LogP) is 3.96. The number of ether oxygens (including phenoxy) is 2. The molecule has 0 aliphatic carbocycles. The fourth-order valence-corrected chi connectivity index (χ4v) is 3.77. The van der Waals surface area contributed by atoms with E-state index in [1.54, 1.807) is 11.3 Å². The number of hydrogen-bond donors (Lipinski definition) is 1. The second-order valence-corrected chi connectivity index (χ2v) is 6.99. The van der Waals surface area contributed by atoms with E-state index in [2.05, 4.69) is 41.9 Å². The van der Waals surface area contributed by atoms with Gasteiger partial charge in [0.1, 0.15) is 13.2 Å². The molecule has 3 rings (SSSR count). The van der Waals surface area contributed by atoms with Gasteiger partial charge < -0.3 is 14.8 Å². The first kappa shape index (κ1) is 14.8. The van der Waals surface area contributed by atoms with Gasteiger partial charge in [0.15, 0.2) is 11.5 Å². The maximum Gasteiger partial charge on any atom is 0.162 e. The molecule has 0 spiro atoms. The predicted molar refractivity (Wildman–Crippen MR) is 88.9 cm³/mol. The highest BCUT2D eigenvalue weighted by Crippen LogP contribution is 2.34. The third-order valence-electron chi connectivity index (χ3n) is 3.30. The zero-order chi connectivity index (χ0) is 14.5. The Balaban J connectivity index is 1.45. The maximum atomic E-state index is 5.61. The monoisotopic (exact) mass is 321 g/mol. The average Bonchev–Trinajstić information content (AvgIpc) is 3.06. The van der Waals surface area contributed by atoms with E-state index in [9.17, 15) is 0 Å². The van der Waals surface area contributed by atoms with Crippen LogP contribution >= 0.6 is 23.1 Å². The summed E-state index contributed by atoms with van der Waals surface area (Å²) in [7, 11) is 0. The van der Waals surface area contributed by atoms with Crippen molar-refractivity contribution in [2.24, 2.45) is 0 Å². The van der Waals surface area contributed by atoms with Crippen LogP contribution in [0.5, 0.6) is 11.5 Å². The molecule has 0 saturated heterocycles. The van der Waals surface area contributed by atoms with Gasteiger partial charge in [-0.1, -0.05) is 6.07 Å². The first-order valence-electron chi connectivity index (χ1n) is 7.12. The average molecular weight is 321 g/mol. The van der Waals surface area contributed by atoms with Crippen LogP contribution in [0.15, 0.2) is 40.6 Å². The molecule has 1 atom stereocenters. The molecule has 1 aromatic heterocycles. The second kappa shape index (κ2) is 7.20. The van der Waals surface area contributed by atoms with Crippen molar-refractivity contribution >= 4 is 23.1 Å². The van der Waals surface area contributed by atoms with E-state index in [1.807, 2.05) is 17.8 Å². The molecule has 0 amide bonds. The van der Waals surface area contributed by atoms with Crippen LogP contribution in [0.2, 0.25) is 0 Å². The summed E-state index contributed by atoms with van der Waals surface area (Å²) in [5.74, 6) is 2.76. The van der Waals surface area contributed by atoms with E-state index in [4.69, 9.17) is 9.47 Å². The number of thioether (sulfide) groups is 1. The topological polar surface area (TPSA) is 30.5 Å². The first-order chi connectivity index (χ1) is 10.3. The first-order valence-corrected chi connectivity index (χ1v) is 8.99. The fourth-order valence-electron chi connectivity index (χ4n) is 2.20. The number of thiophene rings is 1. The molecule has 0 radical (unpaired) electrons. The number of rotatable bonds is 6. The van der Waals surface area contributed by atoms with Crippen LogP contribution < -0.4 is 14.8 Å². The summed E-state index contributed by atoms with van der Waals surface area (Å²) in [5, 5.41) is 5.67. The number of hydrogen-bond acceptors (Lipinski definition) is 5. The van der Waals surface area contributed by atoms with E-state index in [1.165, 1.54) is 9.77 Å². The lowest BCUT2D eigenvalue weighted by molar-refractivity contribution is 0.171. The van der Waals surface area contributed by atoms with Gasteiger partial charge >= 0.3 is 0 Å². The van der Waals surface area contributed by atoms with E-state index in [-0.39, 0.29) is 0 Å². The zero-order valence-electron chi connectivity index (χ0n) is 12.0. The minimum absolute atomic E-state index is 0.422. The molecule has 1 N–H and O–H groups in total. The second-order valence-electron chi connectivity index (χ2n) is 4.85. The lowest BCUT2D eigenvalue weighted by atomic mass is 10.3. The van der Waals surface area contributed by atoms with Gasteiger partial charge in [0.25, 0.3) is 0 Å². The Labute approximate surface area is 133 Å². The van der Waals surface area contributed by atoms with Gasteiger partial charge in [0.2, 0.25) is 0 Å². The molecular formula is C16H19NO2S2. The number of benzene rings is 1. The lowest BCUT2D eigenvalue weighted by Gasteiger charge is -2.18. The molecule has 0 fully saturated rings. The van der Waals surface area contributed by atoms with Crippen LogP contribution in [0.3, 0.4) is 0 Å². The Morgan fingerprint density at radius 3 is 2.90 bits per heavy atom. The van der Waals surface area contributed by atoms with Gasteiger partial charge in [-0.2, -0.15) is 0 Å². The Morgan fingerprint density at radius 1 is 1.24 bits per heavy atom. The van der Waals surface area contributed by atoms with Crippen LogP contribution in [0.4, 0.5) is 0 Å². The molecule has 1 aliphatic heterocycles. The summed E-state index contributed by atoms with van der Waals surface area (Å²) in [5.41, 5.74) is 0. The van der Waals surface area contributed by atoms with Crippen LogP contribution in [-0.4, -0.2) is 25.5 Å². The molecular weight excluding hydrogens is 302 g/mol. The third-order valence-corrected chi connectivity index (χ3v) is 5.36. The molecule has 21 heavy (non-hydrogen) atoms. The van der Waals surface area contributed by atoms with Crippen molar-refractivity contribution in [3.63, 3.8) is 0 Å². The van der Waals surface area contributed by atoms with Crippen molar-refractivity contribution in [2.75, 3.05) is 25.5 Å². The van der Waals surface area contributed by atoms with Crippen molar-refractivity contribution in [2.45, 2.75) is 17.9 Å². The highest BCUT2D eigenvalue weighted by Gasteiger charge is 2.11. The quantitative estimate of drug-likeness (QED) is 0.644. The molecule has 0 bridgehead atoms. The van der Waals surface area contributed by atoms with Gasteiger partial charge in [-0.05, 0) is 36.6 Å². The van der Waals surface area contributed by atoms with Crippen molar-refractivity contribution in [3.05, 3.63) is 40.6 Å². The minimum Gasteiger partial charge on any atom is -0.486 e. The third kappa shape index (κ3) is 3.93. The highest BCUT2D eigenvalue weighted by molar-refractivity contribution is 7.99. The van der Waals surface area contributed by atoms with Crippen LogP contribution in [0.1, 0.15) is 17.8 Å². The normalized spacial score (nSPS) is 14.9. The molecule has 5 heteroatoms. The van der Waals surface area contributed by atoms with Crippen molar-refractivity contribution in [1.29, 1.82) is 0 Å².